The van der Waals surface area contributed by atoms with Gasteiger partial charge < -0.3 is 14.5 Å². The molecule has 1 N–H and O–H groups in total. The van der Waals surface area contributed by atoms with Crippen molar-refractivity contribution in [1.29, 1.82) is 0 Å². The van der Waals surface area contributed by atoms with Crippen molar-refractivity contribution in [1.82, 2.24) is 5.32 Å². The molecule has 30 heavy (non-hydrogen) atoms. The number of amides is 1. The number of nitrogens with one attached hydrogen (secondary N) is 1. The largest absolute Gasteiger partial charge is 0.496 e. The Balaban J connectivity index is 2.01. The number of halogens is 1. The van der Waals surface area contributed by atoms with Crippen molar-refractivity contribution in [2.75, 3.05) is 13.7 Å². The second-order valence-corrected chi connectivity index (χ2v) is 8.36. The van der Waals surface area contributed by atoms with Gasteiger partial charge in [-0.25, -0.2) is 0 Å². The molecule has 1 heterocycles. The van der Waals surface area contributed by atoms with Crippen LogP contribution >= 0.6 is 15.9 Å². The SMILES string of the molecule is CCCCCNC(=O)/C=C(\C)c1cc2c(-c3ccc(Br)cc3)coc2c(C)c1OC. The van der Waals surface area contributed by atoms with E-state index < -0.39 is 0 Å². The zero-order valence-electron chi connectivity index (χ0n) is 18.0. The van der Waals surface area contributed by atoms with E-state index >= 15 is 0 Å². The van der Waals surface area contributed by atoms with Crippen LogP contribution in [0.15, 0.2) is 51.6 Å². The van der Waals surface area contributed by atoms with Gasteiger partial charge in [0.05, 0.1) is 13.4 Å². The maximum Gasteiger partial charge on any atom is 0.244 e. The van der Waals surface area contributed by atoms with E-state index in [1.807, 2.05) is 26.0 Å². The second kappa shape index (κ2) is 9.98. The summed E-state index contributed by atoms with van der Waals surface area (Å²) < 4.78 is 12.6. The zero-order chi connectivity index (χ0) is 21.7. The summed E-state index contributed by atoms with van der Waals surface area (Å²) in [6.07, 6.45) is 6.67. The Kier molecular flexibility index (Phi) is 7.38. The first-order valence-corrected chi connectivity index (χ1v) is 11.1. The number of unbranched alkanes of at least 4 members (excludes halogenated alkanes) is 2. The number of hydrogen-bond donors (Lipinski definition) is 1. The van der Waals surface area contributed by atoms with Crippen LogP contribution in [0.2, 0.25) is 0 Å². The van der Waals surface area contributed by atoms with Gasteiger partial charge in [0.2, 0.25) is 5.91 Å². The lowest BCUT2D eigenvalue weighted by Gasteiger charge is -2.13. The zero-order valence-corrected chi connectivity index (χ0v) is 19.6. The Labute approximate surface area is 186 Å². The van der Waals surface area contributed by atoms with E-state index in [1.54, 1.807) is 19.4 Å². The molecule has 0 radical (unpaired) electrons. The van der Waals surface area contributed by atoms with Crippen LogP contribution in [-0.4, -0.2) is 19.6 Å². The van der Waals surface area contributed by atoms with Gasteiger partial charge >= 0.3 is 0 Å². The number of methoxy groups -OCH3 is 1. The van der Waals surface area contributed by atoms with Gasteiger partial charge in [0, 0.05) is 39.2 Å². The van der Waals surface area contributed by atoms with E-state index in [1.165, 1.54) is 0 Å². The molecular weight excluding hydrogens is 442 g/mol. The molecule has 0 saturated heterocycles. The average Bonchev–Trinajstić information content (AvgIpc) is 3.16. The standard InChI is InChI=1S/C25H28BrNO3/c1-5-6-7-12-27-23(28)13-16(2)20-14-21-22(18-8-10-19(26)11-9-18)15-30-25(21)17(3)24(20)29-4/h8-11,13-15H,5-7,12H2,1-4H3,(H,27,28)/b16-13+. The molecule has 0 unspecified atom stereocenters. The molecule has 5 heteroatoms. The lowest BCUT2D eigenvalue weighted by Crippen LogP contribution is -2.22. The highest BCUT2D eigenvalue weighted by Crippen LogP contribution is 2.40. The lowest BCUT2D eigenvalue weighted by atomic mass is 9.96. The molecule has 0 aliphatic heterocycles. The van der Waals surface area contributed by atoms with Crippen LogP contribution in [-0.2, 0) is 4.79 Å². The molecule has 4 nitrogen and oxygen atoms in total. The number of carbonyl (C=O) groups is 1. The fourth-order valence-corrected chi connectivity index (χ4v) is 3.90. The minimum Gasteiger partial charge on any atom is -0.496 e. The molecule has 0 bridgehead atoms. The van der Waals surface area contributed by atoms with Crippen molar-refractivity contribution >= 4 is 38.4 Å². The van der Waals surface area contributed by atoms with Gasteiger partial charge in [-0.3, -0.25) is 4.79 Å². The van der Waals surface area contributed by atoms with E-state index in [4.69, 9.17) is 9.15 Å². The van der Waals surface area contributed by atoms with Gasteiger partial charge in [0.15, 0.2) is 0 Å². The fraction of sp³-hybridized carbons (Fsp3) is 0.320. The summed E-state index contributed by atoms with van der Waals surface area (Å²) in [4.78, 5) is 12.4. The third-order valence-electron chi connectivity index (χ3n) is 5.26. The molecular formula is C25H28BrNO3. The third kappa shape index (κ3) is 4.78. The van der Waals surface area contributed by atoms with Crippen molar-refractivity contribution in [3.05, 3.63) is 58.3 Å². The Morgan fingerprint density at radius 2 is 1.97 bits per heavy atom. The summed E-state index contributed by atoms with van der Waals surface area (Å²) in [5, 5.41) is 3.97. The molecule has 0 spiro atoms. The van der Waals surface area contributed by atoms with Crippen molar-refractivity contribution in [3.8, 4) is 16.9 Å². The molecule has 0 fully saturated rings. The minimum absolute atomic E-state index is 0.0799. The van der Waals surface area contributed by atoms with Crippen LogP contribution in [0.5, 0.6) is 5.75 Å². The first kappa shape index (κ1) is 22.2. The van der Waals surface area contributed by atoms with E-state index in [0.29, 0.717) is 6.54 Å². The first-order chi connectivity index (χ1) is 14.5. The Morgan fingerprint density at radius 1 is 1.23 bits per heavy atom. The highest BCUT2D eigenvalue weighted by atomic mass is 79.9. The highest BCUT2D eigenvalue weighted by Gasteiger charge is 2.18. The van der Waals surface area contributed by atoms with Crippen LogP contribution < -0.4 is 10.1 Å². The van der Waals surface area contributed by atoms with Gasteiger partial charge in [0.1, 0.15) is 11.3 Å². The number of carbonyl (C=O) groups excluding carboxylic acids is 1. The predicted molar refractivity (Wildman–Crippen MR) is 127 cm³/mol. The molecule has 1 amide bonds. The summed E-state index contributed by atoms with van der Waals surface area (Å²) in [6.45, 7) is 6.77. The van der Waals surface area contributed by atoms with E-state index in [0.717, 1.165) is 68.3 Å². The topological polar surface area (TPSA) is 51.5 Å². The number of ether oxygens (including phenoxy) is 1. The van der Waals surface area contributed by atoms with E-state index in [9.17, 15) is 4.79 Å². The third-order valence-corrected chi connectivity index (χ3v) is 5.78. The molecule has 0 atom stereocenters. The summed E-state index contributed by atoms with van der Waals surface area (Å²) >= 11 is 3.48. The minimum atomic E-state index is -0.0799. The molecule has 2 aromatic carbocycles. The molecule has 3 aromatic rings. The smallest absolute Gasteiger partial charge is 0.244 e. The van der Waals surface area contributed by atoms with Crippen molar-refractivity contribution in [3.63, 3.8) is 0 Å². The van der Waals surface area contributed by atoms with Crippen LogP contribution in [0, 0.1) is 6.92 Å². The number of benzene rings is 2. The quantitative estimate of drug-likeness (QED) is 0.288. The van der Waals surface area contributed by atoms with Crippen molar-refractivity contribution in [2.24, 2.45) is 0 Å². The van der Waals surface area contributed by atoms with Crippen molar-refractivity contribution in [2.45, 2.75) is 40.0 Å². The molecule has 0 saturated carbocycles. The number of fused-ring (bicyclic) bond motifs is 1. The number of hydrogen-bond acceptors (Lipinski definition) is 3. The Bertz CT molecular complexity index is 1060. The van der Waals surface area contributed by atoms with Crippen LogP contribution in [0.3, 0.4) is 0 Å². The molecule has 0 aliphatic rings. The van der Waals surface area contributed by atoms with Gasteiger partial charge in [-0.2, -0.15) is 0 Å². The van der Waals surface area contributed by atoms with Crippen LogP contribution in [0.4, 0.5) is 0 Å². The first-order valence-electron chi connectivity index (χ1n) is 10.3. The van der Waals surface area contributed by atoms with E-state index in [-0.39, 0.29) is 5.91 Å². The highest BCUT2D eigenvalue weighted by molar-refractivity contribution is 9.10. The maximum atomic E-state index is 12.4. The lowest BCUT2D eigenvalue weighted by molar-refractivity contribution is -0.116. The van der Waals surface area contributed by atoms with Gasteiger partial charge in [-0.15, -0.1) is 0 Å². The monoisotopic (exact) mass is 469 g/mol. The Morgan fingerprint density at radius 3 is 2.63 bits per heavy atom. The number of aryl methyl sites for hydroxylation is 1. The number of furan rings is 1. The second-order valence-electron chi connectivity index (χ2n) is 7.44. The molecule has 1 aromatic heterocycles. The van der Waals surface area contributed by atoms with E-state index in [2.05, 4.69) is 46.4 Å². The average molecular weight is 470 g/mol. The summed E-state index contributed by atoms with van der Waals surface area (Å²) in [7, 11) is 1.65. The summed E-state index contributed by atoms with van der Waals surface area (Å²) in [5.41, 5.74) is 5.55. The van der Waals surface area contributed by atoms with Crippen LogP contribution in [0.1, 0.15) is 44.2 Å². The maximum absolute atomic E-state index is 12.4. The van der Waals surface area contributed by atoms with Crippen LogP contribution in [0.25, 0.3) is 27.7 Å². The number of allylic oxidation sites excluding steroid dienone is 1. The molecule has 158 valence electrons. The van der Waals surface area contributed by atoms with Gasteiger partial charge in [-0.05, 0) is 49.6 Å². The number of rotatable bonds is 8. The molecule has 3 rings (SSSR count). The predicted octanol–water partition coefficient (Wildman–Crippen LogP) is 6.89. The summed E-state index contributed by atoms with van der Waals surface area (Å²) in [5.74, 6) is 0.649. The van der Waals surface area contributed by atoms with Gasteiger partial charge in [-0.1, -0.05) is 47.8 Å². The van der Waals surface area contributed by atoms with Crippen molar-refractivity contribution < 1.29 is 13.9 Å². The molecule has 0 aliphatic carbocycles. The normalized spacial score (nSPS) is 11.7. The fourth-order valence-electron chi connectivity index (χ4n) is 3.64. The summed E-state index contributed by atoms with van der Waals surface area (Å²) in [6, 6.07) is 10.2. The van der Waals surface area contributed by atoms with Gasteiger partial charge in [0.25, 0.3) is 0 Å². The Hall–Kier alpha value is -2.53.